The van der Waals surface area contributed by atoms with Crippen LogP contribution in [0.4, 0.5) is 0 Å². The highest BCUT2D eigenvalue weighted by Gasteiger charge is 2.26. The van der Waals surface area contributed by atoms with Gasteiger partial charge in [-0.1, -0.05) is 20.8 Å². The van der Waals surface area contributed by atoms with E-state index in [9.17, 15) is 0 Å². The van der Waals surface area contributed by atoms with Crippen molar-refractivity contribution < 1.29 is 0 Å². The Morgan fingerprint density at radius 3 is 2.08 bits per heavy atom. The van der Waals surface area contributed by atoms with Gasteiger partial charge in [0.1, 0.15) is 0 Å². The molecule has 12 heavy (non-hydrogen) atoms. The molecule has 0 saturated heterocycles. The maximum Gasteiger partial charge on any atom is 0.0251 e. The van der Waals surface area contributed by atoms with Gasteiger partial charge in [-0.25, -0.2) is 0 Å². The van der Waals surface area contributed by atoms with Crippen LogP contribution >= 0.6 is 11.6 Å². The first-order valence-electron chi connectivity index (χ1n) is 5.19. The van der Waals surface area contributed by atoms with Gasteiger partial charge in [0.25, 0.3) is 0 Å². The summed E-state index contributed by atoms with van der Waals surface area (Å²) in [7, 11) is 0. The van der Waals surface area contributed by atoms with E-state index in [1.165, 1.54) is 19.3 Å². The lowest BCUT2D eigenvalue weighted by Crippen LogP contribution is -2.25. The third kappa shape index (κ3) is 2.65. The van der Waals surface area contributed by atoms with Gasteiger partial charge in [-0.2, -0.15) is 0 Å². The quantitative estimate of drug-likeness (QED) is 0.576. The van der Waals surface area contributed by atoms with Crippen LogP contribution in [0.25, 0.3) is 0 Å². The van der Waals surface area contributed by atoms with E-state index in [0.717, 1.165) is 29.6 Å². The Hall–Kier alpha value is 0.290. The molecule has 1 fully saturated rings. The Labute approximate surface area is 81.7 Å². The van der Waals surface area contributed by atoms with Crippen LogP contribution in [0.1, 0.15) is 40.0 Å². The van der Waals surface area contributed by atoms with Crippen LogP contribution in [-0.2, 0) is 0 Å². The summed E-state index contributed by atoms with van der Waals surface area (Å²) in [6.45, 7) is 7.05. The molecule has 0 amide bonds. The van der Waals surface area contributed by atoms with E-state index in [1.807, 2.05) is 0 Å². The Morgan fingerprint density at radius 2 is 1.67 bits per heavy atom. The topological polar surface area (TPSA) is 0 Å². The number of rotatable bonds is 2. The lowest BCUT2D eigenvalue weighted by Gasteiger charge is -2.34. The molecule has 1 saturated carbocycles. The normalized spacial score (nSPS) is 39.5. The van der Waals surface area contributed by atoms with Crippen LogP contribution in [0.3, 0.4) is 0 Å². The van der Waals surface area contributed by atoms with Crippen molar-refractivity contribution in [1.82, 2.24) is 0 Å². The van der Waals surface area contributed by atoms with Gasteiger partial charge in [-0.05, 0) is 42.9 Å². The van der Waals surface area contributed by atoms with Crippen molar-refractivity contribution in [3.8, 4) is 0 Å². The third-order valence-corrected chi connectivity index (χ3v) is 3.75. The second-order valence-electron chi connectivity index (χ2n) is 4.81. The van der Waals surface area contributed by atoms with Gasteiger partial charge in [0.05, 0.1) is 0 Å². The SMILES string of the molecule is CC1CC(C)CC(C(C)CCl)C1. The Bertz CT molecular complexity index is 123. The zero-order valence-corrected chi connectivity index (χ0v) is 9.27. The van der Waals surface area contributed by atoms with Gasteiger partial charge < -0.3 is 0 Å². The first kappa shape index (κ1) is 10.4. The van der Waals surface area contributed by atoms with Crippen LogP contribution in [0.15, 0.2) is 0 Å². The number of hydrogen-bond donors (Lipinski definition) is 0. The molecule has 1 rings (SSSR count). The summed E-state index contributed by atoms with van der Waals surface area (Å²) in [5.74, 6) is 4.29. The molecule has 0 heterocycles. The van der Waals surface area contributed by atoms with Crippen LogP contribution < -0.4 is 0 Å². The highest BCUT2D eigenvalue weighted by Crippen LogP contribution is 2.37. The molecule has 0 aromatic carbocycles. The van der Waals surface area contributed by atoms with Gasteiger partial charge in [0, 0.05) is 5.88 Å². The van der Waals surface area contributed by atoms with Crippen LogP contribution in [0.2, 0.25) is 0 Å². The van der Waals surface area contributed by atoms with E-state index in [4.69, 9.17) is 11.6 Å². The average molecular weight is 189 g/mol. The molecule has 0 spiro atoms. The standard InChI is InChI=1S/C11H21Cl/c1-8-4-9(2)6-11(5-8)10(3)7-12/h8-11H,4-7H2,1-3H3. The first-order chi connectivity index (χ1) is 5.63. The summed E-state index contributed by atoms with van der Waals surface area (Å²) in [5.41, 5.74) is 0. The highest BCUT2D eigenvalue weighted by molar-refractivity contribution is 6.18. The summed E-state index contributed by atoms with van der Waals surface area (Å²) >= 11 is 5.88. The van der Waals surface area contributed by atoms with E-state index >= 15 is 0 Å². The molecule has 0 aromatic heterocycles. The van der Waals surface area contributed by atoms with Crippen LogP contribution in [-0.4, -0.2) is 5.88 Å². The summed E-state index contributed by atoms with van der Waals surface area (Å²) in [6, 6.07) is 0. The fraction of sp³-hybridized carbons (Fsp3) is 1.00. The van der Waals surface area contributed by atoms with Gasteiger partial charge in [-0.3, -0.25) is 0 Å². The smallest absolute Gasteiger partial charge is 0.0251 e. The highest BCUT2D eigenvalue weighted by atomic mass is 35.5. The second-order valence-corrected chi connectivity index (χ2v) is 5.12. The fourth-order valence-corrected chi connectivity index (χ4v) is 2.85. The van der Waals surface area contributed by atoms with Crippen LogP contribution in [0.5, 0.6) is 0 Å². The summed E-state index contributed by atoms with van der Waals surface area (Å²) in [5, 5.41) is 0. The largest absolute Gasteiger partial charge is 0.126 e. The molecule has 0 aliphatic heterocycles. The van der Waals surface area contributed by atoms with Gasteiger partial charge in [0.2, 0.25) is 0 Å². The van der Waals surface area contributed by atoms with Crippen LogP contribution in [0, 0.1) is 23.7 Å². The molecular formula is C11H21Cl. The van der Waals surface area contributed by atoms with Crippen molar-refractivity contribution in [3.05, 3.63) is 0 Å². The zero-order valence-electron chi connectivity index (χ0n) is 8.52. The fourth-order valence-electron chi connectivity index (χ4n) is 2.60. The van der Waals surface area contributed by atoms with E-state index in [0.29, 0.717) is 0 Å². The van der Waals surface area contributed by atoms with E-state index < -0.39 is 0 Å². The van der Waals surface area contributed by atoms with E-state index in [-0.39, 0.29) is 0 Å². The molecule has 72 valence electrons. The molecule has 0 nitrogen and oxygen atoms in total. The van der Waals surface area contributed by atoms with Gasteiger partial charge >= 0.3 is 0 Å². The van der Waals surface area contributed by atoms with Crippen molar-refractivity contribution in [3.63, 3.8) is 0 Å². The molecule has 3 atom stereocenters. The minimum Gasteiger partial charge on any atom is -0.126 e. The first-order valence-corrected chi connectivity index (χ1v) is 5.72. The van der Waals surface area contributed by atoms with Crippen molar-refractivity contribution in [2.24, 2.45) is 23.7 Å². The van der Waals surface area contributed by atoms with Crippen molar-refractivity contribution in [2.45, 2.75) is 40.0 Å². The molecule has 0 aromatic rings. The molecule has 1 aliphatic carbocycles. The molecule has 0 bridgehead atoms. The number of hydrogen-bond acceptors (Lipinski definition) is 0. The zero-order chi connectivity index (χ0) is 9.14. The molecule has 0 radical (unpaired) electrons. The Kier molecular flexibility index (Phi) is 3.89. The minimum atomic E-state index is 0.719. The third-order valence-electron chi connectivity index (χ3n) is 3.26. The predicted molar refractivity (Wildman–Crippen MR) is 55.6 cm³/mol. The Balaban J connectivity index is 2.43. The summed E-state index contributed by atoms with van der Waals surface area (Å²) in [6.07, 6.45) is 4.22. The predicted octanol–water partition coefficient (Wildman–Crippen LogP) is 3.93. The number of halogens is 1. The molecular weight excluding hydrogens is 168 g/mol. The molecule has 1 heteroatoms. The Morgan fingerprint density at radius 1 is 1.17 bits per heavy atom. The minimum absolute atomic E-state index is 0.719. The second kappa shape index (κ2) is 4.50. The summed E-state index contributed by atoms with van der Waals surface area (Å²) < 4.78 is 0. The van der Waals surface area contributed by atoms with Crippen molar-refractivity contribution in [1.29, 1.82) is 0 Å². The maximum atomic E-state index is 5.88. The summed E-state index contributed by atoms with van der Waals surface area (Å²) in [4.78, 5) is 0. The van der Waals surface area contributed by atoms with E-state index in [1.54, 1.807) is 0 Å². The van der Waals surface area contributed by atoms with Crippen molar-refractivity contribution in [2.75, 3.05) is 5.88 Å². The lowest BCUT2D eigenvalue weighted by molar-refractivity contribution is 0.178. The lowest BCUT2D eigenvalue weighted by atomic mass is 9.72. The monoisotopic (exact) mass is 188 g/mol. The van der Waals surface area contributed by atoms with Gasteiger partial charge in [0.15, 0.2) is 0 Å². The average Bonchev–Trinajstić information content (AvgIpc) is 2.01. The molecule has 0 N–H and O–H groups in total. The van der Waals surface area contributed by atoms with Gasteiger partial charge in [-0.15, -0.1) is 11.6 Å². The maximum absolute atomic E-state index is 5.88. The molecule has 1 aliphatic rings. The molecule has 3 unspecified atom stereocenters. The van der Waals surface area contributed by atoms with E-state index in [2.05, 4.69) is 20.8 Å². The van der Waals surface area contributed by atoms with Crippen molar-refractivity contribution >= 4 is 11.6 Å². The number of alkyl halides is 1.